The van der Waals surface area contributed by atoms with Gasteiger partial charge in [0.05, 0.1) is 7.11 Å². The Labute approximate surface area is 110 Å². The molecule has 2 nitrogen and oxygen atoms in total. The fourth-order valence-electron chi connectivity index (χ4n) is 2.09. The van der Waals surface area contributed by atoms with E-state index in [1.54, 1.807) is 7.11 Å². The van der Waals surface area contributed by atoms with E-state index in [2.05, 4.69) is 33.4 Å². The smallest absolute Gasteiger partial charge is 0.126 e. The SMILES string of the molecule is C=C(c1cc(C)ccc1OC)C(C)(C)CCCO. The van der Waals surface area contributed by atoms with Crippen LogP contribution in [0.4, 0.5) is 0 Å². The first kappa shape index (κ1) is 14.8. The standard InChI is InChI=1S/C16H24O2/c1-12-7-8-15(18-5)14(11-12)13(2)16(3,4)9-6-10-17/h7-8,11,17H,2,6,9-10H2,1,3-5H3. The second kappa shape index (κ2) is 6.05. The van der Waals surface area contributed by atoms with Crippen LogP contribution < -0.4 is 4.74 Å². The van der Waals surface area contributed by atoms with E-state index in [0.29, 0.717) is 0 Å². The maximum Gasteiger partial charge on any atom is 0.126 e. The molecule has 18 heavy (non-hydrogen) atoms. The number of ether oxygens (including phenoxy) is 1. The van der Waals surface area contributed by atoms with Crippen molar-refractivity contribution in [2.45, 2.75) is 33.6 Å². The monoisotopic (exact) mass is 248 g/mol. The molecule has 0 bridgehead atoms. The van der Waals surface area contributed by atoms with Gasteiger partial charge in [-0.05, 0) is 42.9 Å². The van der Waals surface area contributed by atoms with Gasteiger partial charge < -0.3 is 9.84 Å². The molecule has 0 spiro atoms. The number of hydrogen-bond acceptors (Lipinski definition) is 2. The number of allylic oxidation sites excluding steroid dienone is 1. The van der Waals surface area contributed by atoms with Crippen molar-refractivity contribution < 1.29 is 9.84 Å². The number of aliphatic hydroxyl groups is 1. The number of hydrogen-bond donors (Lipinski definition) is 1. The van der Waals surface area contributed by atoms with E-state index >= 15 is 0 Å². The number of aryl methyl sites for hydroxylation is 1. The molecule has 0 aliphatic carbocycles. The van der Waals surface area contributed by atoms with Crippen molar-refractivity contribution in [2.24, 2.45) is 5.41 Å². The molecule has 0 heterocycles. The summed E-state index contributed by atoms with van der Waals surface area (Å²) in [5.74, 6) is 0.864. The first-order chi connectivity index (χ1) is 8.42. The van der Waals surface area contributed by atoms with Gasteiger partial charge in [-0.25, -0.2) is 0 Å². The van der Waals surface area contributed by atoms with Gasteiger partial charge in [0.15, 0.2) is 0 Å². The minimum atomic E-state index is -0.0379. The first-order valence-corrected chi connectivity index (χ1v) is 6.37. The van der Waals surface area contributed by atoms with Gasteiger partial charge in [-0.3, -0.25) is 0 Å². The van der Waals surface area contributed by atoms with Crippen molar-refractivity contribution in [1.29, 1.82) is 0 Å². The highest BCUT2D eigenvalue weighted by molar-refractivity contribution is 5.72. The topological polar surface area (TPSA) is 29.5 Å². The van der Waals surface area contributed by atoms with Gasteiger partial charge in [-0.2, -0.15) is 0 Å². The third-order valence-corrected chi connectivity index (χ3v) is 3.46. The summed E-state index contributed by atoms with van der Waals surface area (Å²) in [4.78, 5) is 0. The Kier molecular flexibility index (Phi) is 4.97. The highest BCUT2D eigenvalue weighted by Gasteiger charge is 2.24. The Morgan fingerprint density at radius 3 is 2.61 bits per heavy atom. The normalized spacial score (nSPS) is 11.4. The summed E-state index contributed by atoms with van der Waals surface area (Å²) in [6.07, 6.45) is 1.71. The lowest BCUT2D eigenvalue weighted by atomic mass is 9.77. The average molecular weight is 248 g/mol. The van der Waals surface area contributed by atoms with Gasteiger partial charge in [0, 0.05) is 12.2 Å². The molecule has 1 aromatic carbocycles. The summed E-state index contributed by atoms with van der Waals surface area (Å²) in [6.45, 7) is 10.8. The lowest BCUT2D eigenvalue weighted by Crippen LogP contribution is -2.14. The van der Waals surface area contributed by atoms with Gasteiger partial charge in [0.1, 0.15) is 5.75 Å². The third kappa shape index (κ3) is 3.36. The Morgan fingerprint density at radius 2 is 2.06 bits per heavy atom. The van der Waals surface area contributed by atoms with Gasteiger partial charge >= 0.3 is 0 Å². The van der Waals surface area contributed by atoms with Crippen LogP contribution in [0.2, 0.25) is 0 Å². The van der Waals surface area contributed by atoms with Crippen molar-refractivity contribution in [3.05, 3.63) is 35.9 Å². The zero-order chi connectivity index (χ0) is 13.8. The summed E-state index contributed by atoms with van der Waals surface area (Å²) < 4.78 is 5.41. The molecule has 0 fully saturated rings. The molecule has 1 N–H and O–H groups in total. The quantitative estimate of drug-likeness (QED) is 0.829. The molecule has 2 heteroatoms. The van der Waals surface area contributed by atoms with Crippen LogP contribution in [0.3, 0.4) is 0 Å². The van der Waals surface area contributed by atoms with Gasteiger partial charge in [0.2, 0.25) is 0 Å². The van der Waals surface area contributed by atoms with Crippen molar-refractivity contribution in [3.8, 4) is 5.75 Å². The molecule has 100 valence electrons. The van der Waals surface area contributed by atoms with Crippen LogP contribution in [0.15, 0.2) is 24.8 Å². The lowest BCUT2D eigenvalue weighted by Gasteiger charge is -2.28. The molecule has 0 aromatic heterocycles. The molecular formula is C16H24O2. The number of benzene rings is 1. The molecule has 0 unspecified atom stereocenters. The van der Waals surface area contributed by atoms with Crippen LogP contribution >= 0.6 is 0 Å². The maximum atomic E-state index is 8.97. The van der Waals surface area contributed by atoms with E-state index in [4.69, 9.17) is 9.84 Å². The molecule has 1 aromatic rings. The minimum Gasteiger partial charge on any atom is -0.496 e. The van der Waals surface area contributed by atoms with Crippen LogP contribution in [0.25, 0.3) is 5.57 Å². The fraction of sp³-hybridized carbons (Fsp3) is 0.500. The van der Waals surface area contributed by atoms with E-state index in [-0.39, 0.29) is 12.0 Å². The van der Waals surface area contributed by atoms with Crippen molar-refractivity contribution in [1.82, 2.24) is 0 Å². The van der Waals surface area contributed by atoms with Crippen LogP contribution in [-0.2, 0) is 0 Å². The summed E-state index contributed by atoms with van der Waals surface area (Å²) >= 11 is 0. The van der Waals surface area contributed by atoms with Crippen LogP contribution in [0, 0.1) is 12.3 Å². The molecule has 1 rings (SSSR count). The average Bonchev–Trinajstić information content (AvgIpc) is 2.35. The van der Waals surface area contributed by atoms with E-state index in [0.717, 1.165) is 29.7 Å². The van der Waals surface area contributed by atoms with E-state index < -0.39 is 0 Å². The van der Waals surface area contributed by atoms with Gasteiger partial charge in [0.25, 0.3) is 0 Å². The van der Waals surface area contributed by atoms with Gasteiger partial charge in [-0.1, -0.05) is 32.1 Å². The molecule has 0 radical (unpaired) electrons. The molecule has 0 atom stereocenters. The van der Waals surface area contributed by atoms with Crippen LogP contribution in [0.5, 0.6) is 5.75 Å². The lowest BCUT2D eigenvalue weighted by molar-refractivity contribution is 0.265. The van der Waals surface area contributed by atoms with Gasteiger partial charge in [-0.15, -0.1) is 0 Å². The first-order valence-electron chi connectivity index (χ1n) is 6.37. The Morgan fingerprint density at radius 1 is 1.39 bits per heavy atom. The highest BCUT2D eigenvalue weighted by atomic mass is 16.5. The van der Waals surface area contributed by atoms with E-state index in [1.807, 2.05) is 12.1 Å². The number of rotatable bonds is 6. The zero-order valence-corrected chi connectivity index (χ0v) is 11.9. The number of methoxy groups -OCH3 is 1. The zero-order valence-electron chi connectivity index (χ0n) is 11.9. The van der Waals surface area contributed by atoms with E-state index in [1.165, 1.54) is 5.56 Å². The molecule has 0 aliphatic heterocycles. The second-order valence-electron chi connectivity index (χ2n) is 5.39. The third-order valence-electron chi connectivity index (χ3n) is 3.46. The largest absolute Gasteiger partial charge is 0.496 e. The summed E-state index contributed by atoms with van der Waals surface area (Å²) in [5, 5.41) is 8.97. The Hall–Kier alpha value is -1.28. The molecule has 0 saturated carbocycles. The molecule has 0 amide bonds. The summed E-state index contributed by atoms with van der Waals surface area (Å²) in [7, 11) is 1.68. The molecule has 0 saturated heterocycles. The predicted molar refractivity (Wildman–Crippen MR) is 76.9 cm³/mol. The minimum absolute atomic E-state index is 0.0379. The molecular weight excluding hydrogens is 224 g/mol. The second-order valence-corrected chi connectivity index (χ2v) is 5.39. The number of aliphatic hydroxyl groups excluding tert-OH is 1. The Balaban J connectivity index is 3.05. The van der Waals surface area contributed by atoms with E-state index in [9.17, 15) is 0 Å². The summed E-state index contributed by atoms with van der Waals surface area (Å²) in [5.41, 5.74) is 3.30. The van der Waals surface area contributed by atoms with Crippen molar-refractivity contribution in [3.63, 3.8) is 0 Å². The van der Waals surface area contributed by atoms with Crippen molar-refractivity contribution >= 4 is 5.57 Å². The fourth-order valence-corrected chi connectivity index (χ4v) is 2.09. The Bertz CT molecular complexity index is 419. The summed E-state index contributed by atoms with van der Waals surface area (Å²) in [6, 6.07) is 6.14. The molecule has 0 aliphatic rings. The highest BCUT2D eigenvalue weighted by Crippen LogP contribution is 2.40. The maximum absolute atomic E-state index is 8.97. The van der Waals surface area contributed by atoms with Crippen LogP contribution in [0.1, 0.15) is 37.8 Å². The van der Waals surface area contributed by atoms with Crippen molar-refractivity contribution in [2.75, 3.05) is 13.7 Å². The predicted octanol–water partition coefficient (Wildman–Crippen LogP) is 3.82. The van der Waals surface area contributed by atoms with Crippen LogP contribution in [-0.4, -0.2) is 18.8 Å².